The third kappa shape index (κ3) is 8.22. The van der Waals surface area contributed by atoms with Crippen LogP contribution in [0.5, 0.6) is 0 Å². The second-order valence-corrected chi connectivity index (χ2v) is 10.6. The summed E-state index contributed by atoms with van der Waals surface area (Å²) < 4.78 is 93.5. The molecule has 0 aliphatic carbocycles. The highest BCUT2D eigenvalue weighted by Crippen LogP contribution is 2.33. The third-order valence-electron chi connectivity index (χ3n) is 7.50. The SMILES string of the molecule is [NH3+][C@H](Cc1cc(F)c(F)cc1F)CC(O)N1CCn2c(C(F)(F)F)nc(C(=O)OCCCCCN3CCOCC3)c2C1. The molecule has 2 atom stereocenters. The smallest absolute Gasteiger partial charge is 0.449 e. The number of hydrogen-bond acceptors (Lipinski definition) is 7. The van der Waals surface area contributed by atoms with Gasteiger partial charge >= 0.3 is 12.1 Å². The van der Waals surface area contributed by atoms with Crippen LogP contribution in [0.15, 0.2) is 12.1 Å². The number of benzene rings is 1. The van der Waals surface area contributed by atoms with Crippen LogP contribution in [0.25, 0.3) is 0 Å². The number of unbranched alkanes of at least 4 members (excludes halogenated alkanes) is 2. The Balaban J connectivity index is 1.34. The monoisotopic (exact) mass is 608 g/mol. The van der Waals surface area contributed by atoms with Crippen molar-refractivity contribution in [3.63, 3.8) is 0 Å². The first-order valence-electron chi connectivity index (χ1n) is 14.0. The number of morpholine rings is 1. The number of nitrogens with zero attached hydrogens (tertiary/aromatic N) is 4. The van der Waals surface area contributed by atoms with Crippen LogP contribution in [-0.4, -0.2) is 88.7 Å². The second-order valence-electron chi connectivity index (χ2n) is 10.6. The van der Waals surface area contributed by atoms with Gasteiger partial charge in [0.15, 0.2) is 17.3 Å². The quantitative estimate of drug-likeness (QED) is 0.165. The molecule has 0 amide bonds. The van der Waals surface area contributed by atoms with E-state index in [1.165, 1.54) is 4.90 Å². The fourth-order valence-corrected chi connectivity index (χ4v) is 5.26. The lowest BCUT2D eigenvalue weighted by atomic mass is 10.0. The van der Waals surface area contributed by atoms with Crippen molar-refractivity contribution in [1.82, 2.24) is 19.4 Å². The fraction of sp³-hybridized carbons (Fsp3) is 0.630. The van der Waals surface area contributed by atoms with Gasteiger partial charge in [-0.25, -0.2) is 22.9 Å². The van der Waals surface area contributed by atoms with Crippen LogP contribution in [0, 0.1) is 17.5 Å². The van der Waals surface area contributed by atoms with E-state index in [4.69, 9.17) is 9.47 Å². The normalized spacial score (nSPS) is 18.1. The molecule has 234 valence electrons. The van der Waals surface area contributed by atoms with E-state index in [9.17, 15) is 36.2 Å². The number of halogens is 6. The molecule has 0 saturated carbocycles. The van der Waals surface area contributed by atoms with E-state index in [2.05, 4.69) is 15.6 Å². The number of ether oxygens (including phenoxy) is 2. The maximum atomic E-state index is 14.0. The molecule has 15 heteroatoms. The average molecular weight is 609 g/mol. The molecule has 4 rings (SSSR count). The number of fused-ring (bicyclic) bond motifs is 1. The van der Waals surface area contributed by atoms with E-state index in [0.29, 0.717) is 25.7 Å². The molecular formula is C27H36F6N5O4+. The summed E-state index contributed by atoms with van der Waals surface area (Å²) in [6.07, 6.45) is -3.95. The molecule has 1 unspecified atom stereocenters. The van der Waals surface area contributed by atoms with E-state index in [0.717, 1.165) is 43.1 Å². The van der Waals surface area contributed by atoms with Crippen LogP contribution in [0.4, 0.5) is 26.3 Å². The Labute approximate surface area is 239 Å². The van der Waals surface area contributed by atoms with Gasteiger partial charge in [0.2, 0.25) is 5.82 Å². The van der Waals surface area contributed by atoms with E-state index >= 15 is 0 Å². The fourth-order valence-electron chi connectivity index (χ4n) is 5.26. The van der Waals surface area contributed by atoms with Crippen molar-refractivity contribution in [2.75, 3.05) is 46.0 Å². The molecule has 9 nitrogen and oxygen atoms in total. The highest BCUT2D eigenvalue weighted by Gasteiger charge is 2.42. The van der Waals surface area contributed by atoms with Gasteiger partial charge in [-0.1, -0.05) is 0 Å². The van der Waals surface area contributed by atoms with Crippen molar-refractivity contribution >= 4 is 5.97 Å². The molecule has 4 N–H and O–H groups in total. The molecule has 1 aromatic carbocycles. The third-order valence-corrected chi connectivity index (χ3v) is 7.50. The zero-order chi connectivity index (χ0) is 30.4. The van der Waals surface area contributed by atoms with Gasteiger partial charge in [-0.05, 0) is 37.4 Å². The molecule has 2 aromatic rings. The first-order chi connectivity index (χ1) is 19.9. The molecular weight excluding hydrogens is 572 g/mol. The zero-order valence-electron chi connectivity index (χ0n) is 23.1. The van der Waals surface area contributed by atoms with Crippen molar-refractivity contribution in [3.8, 4) is 0 Å². The number of alkyl halides is 3. The molecule has 2 aliphatic rings. The predicted molar refractivity (Wildman–Crippen MR) is 136 cm³/mol. The Hall–Kier alpha value is -2.72. The highest BCUT2D eigenvalue weighted by atomic mass is 19.4. The van der Waals surface area contributed by atoms with Crippen LogP contribution >= 0.6 is 0 Å². The number of aromatic nitrogens is 2. The zero-order valence-corrected chi connectivity index (χ0v) is 23.1. The predicted octanol–water partition coefficient (Wildman–Crippen LogP) is 2.36. The summed E-state index contributed by atoms with van der Waals surface area (Å²) in [6, 6.07) is 0.531. The average Bonchev–Trinajstić information content (AvgIpc) is 3.34. The molecule has 0 spiro atoms. The number of aliphatic hydroxyl groups excluding tert-OH is 1. The molecule has 42 heavy (non-hydrogen) atoms. The number of carbonyl (C=O) groups is 1. The molecule has 3 heterocycles. The van der Waals surface area contributed by atoms with Crippen LogP contribution in [-0.2, 0) is 35.2 Å². The maximum Gasteiger partial charge on any atom is 0.449 e. The van der Waals surface area contributed by atoms with Crippen molar-refractivity contribution in [1.29, 1.82) is 0 Å². The van der Waals surface area contributed by atoms with Gasteiger partial charge in [-0.2, -0.15) is 13.2 Å². The van der Waals surface area contributed by atoms with Gasteiger partial charge in [0, 0.05) is 51.6 Å². The minimum atomic E-state index is -4.81. The summed E-state index contributed by atoms with van der Waals surface area (Å²) >= 11 is 0. The number of hydrogen-bond donors (Lipinski definition) is 2. The standard InChI is InChI=1S/C27H35F6N5O4/c28-19-15-21(30)20(29)13-17(19)12-18(34)14-23(39)37-5-6-38-22(16-37)24(35-26(38)27(31,32)33)25(40)42-9-3-1-2-4-36-7-10-41-11-8-36/h13,15,18,23,39H,1-12,14,16,34H2/p+1/t18-,23?/m1/s1. The lowest BCUT2D eigenvalue weighted by Gasteiger charge is -2.33. The highest BCUT2D eigenvalue weighted by molar-refractivity contribution is 5.88. The molecule has 0 bridgehead atoms. The van der Waals surface area contributed by atoms with Gasteiger partial charge in [0.05, 0.1) is 31.6 Å². The summed E-state index contributed by atoms with van der Waals surface area (Å²) in [4.78, 5) is 20.1. The Morgan fingerprint density at radius 2 is 1.76 bits per heavy atom. The molecule has 1 aromatic heterocycles. The van der Waals surface area contributed by atoms with Gasteiger partial charge in [-0.3, -0.25) is 9.80 Å². The maximum absolute atomic E-state index is 14.0. The Morgan fingerprint density at radius 1 is 1.05 bits per heavy atom. The number of quaternary nitrogens is 1. The first-order valence-corrected chi connectivity index (χ1v) is 14.0. The van der Waals surface area contributed by atoms with Crippen LogP contribution < -0.4 is 5.73 Å². The van der Waals surface area contributed by atoms with E-state index in [1.807, 2.05) is 0 Å². The van der Waals surface area contributed by atoms with Gasteiger partial charge in [-0.15, -0.1) is 0 Å². The summed E-state index contributed by atoms with van der Waals surface area (Å²) in [5.41, 5.74) is 3.25. The van der Waals surface area contributed by atoms with E-state index in [-0.39, 0.29) is 50.3 Å². The number of aliphatic hydroxyl groups is 1. The van der Waals surface area contributed by atoms with Gasteiger partial charge < -0.3 is 24.9 Å². The topological polar surface area (TPSA) is 108 Å². The molecule has 1 fully saturated rings. The molecule has 0 radical (unpaired) electrons. The lowest BCUT2D eigenvalue weighted by molar-refractivity contribution is -0.425. The summed E-state index contributed by atoms with van der Waals surface area (Å²) in [5.74, 6) is -5.66. The van der Waals surface area contributed by atoms with Crippen molar-refractivity contribution in [3.05, 3.63) is 52.4 Å². The molecule has 2 aliphatic heterocycles. The number of carbonyl (C=O) groups excluding carboxylic acids is 1. The first kappa shape index (κ1) is 32.2. The van der Waals surface area contributed by atoms with Crippen molar-refractivity contribution < 1.29 is 51.5 Å². The second kappa shape index (κ2) is 14.2. The summed E-state index contributed by atoms with van der Waals surface area (Å²) in [7, 11) is 0. The van der Waals surface area contributed by atoms with Crippen LogP contribution in [0.2, 0.25) is 0 Å². The van der Waals surface area contributed by atoms with E-state index in [1.54, 1.807) is 0 Å². The van der Waals surface area contributed by atoms with Crippen LogP contribution in [0.1, 0.15) is 53.3 Å². The number of rotatable bonds is 12. The van der Waals surface area contributed by atoms with Crippen molar-refractivity contribution in [2.45, 2.75) is 63.6 Å². The molecule has 1 saturated heterocycles. The number of esters is 1. The van der Waals surface area contributed by atoms with Gasteiger partial charge in [0.1, 0.15) is 12.0 Å². The minimum Gasteiger partial charge on any atom is -0.461 e. The van der Waals surface area contributed by atoms with Gasteiger partial charge in [0.25, 0.3) is 0 Å². The lowest BCUT2D eigenvalue weighted by Crippen LogP contribution is -2.64. The van der Waals surface area contributed by atoms with E-state index < -0.39 is 53.4 Å². The van der Waals surface area contributed by atoms with Crippen LogP contribution in [0.3, 0.4) is 0 Å². The largest absolute Gasteiger partial charge is 0.461 e. The summed E-state index contributed by atoms with van der Waals surface area (Å²) in [5, 5.41) is 10.8. The minimum absolute atomic E-state index is 0.0114. The Morgan fingerprint density at radius 3 is 2.48 bits per heavy atom. The van der Waals surface area contributed by atoms with Crippen molar-refractivity contribution in [2.24, 2.45) is 0 Å². The Bertz CT molecular complexity index is 1220. The number of imidazole rings is 1. The summed E-state index contributed by atoms with van der Waals surface area (Å²) in [6.45, 7) is 3.67. The Kier molecular flexibility index (Phi) is 10.9.